The van der Waals surface area contributed by atoms with Crippen LogP contribution in [0.1, 0.15) is 38.4 Å². The summed E-state index contributed by atoms with van der Waals surface area (Å²) in [6.45, 7) is 15.7. The SMILES string of the molecule is C/C(=C\c1csc(C)n1)[C@H](CI)O[Si](C)(C)C(C)(C)C. The Morgan fingerprint density at radius 2 is 2.10 bits per heavy atom. The zero-order valence-corrected chi connectivity index (χ0v) is 17.6. The molecule has 0 aromatic carbocycles. The normalized spacial score (nSPS) is 15.5. The van der Waals surface area contributed by atoms with Gasteiger partial charge in [-0.1, -0.05) is 43.4 Å². The maximum absolute atomic E-state index is 6.53. The van der Waals surface area contributed by atoms with Crippen molar-refractivity contribution >= 4 is 48.3 Å². The summed E-state index contributed by atoms with van der Waals surface area (Å²) in [5, 5.41) is 3.46. The fourth-order valence-electron chi connectivity index (χ4n) is 1.55. The summed E-state index contributed by atoms with van der Waals surface area (Å²) < 4.78 is 7.51. The highest BCUT2D eigenvalue weighted by molar-refractivity contribution is 14.1. The van der Waals surface area contributed by atoms with Gasteiger partial charge in [-0.2, -0.15) is 0 Å². The van der Waals surface area contributed by atoms with Gasteiger partial charge in [0, 0.05) is 9.81 Å². The minimum atomic E-state index is -1.73. The van der Waals surface area contributed by atoms with Gasteiger partial charge in [0.05, 0.1) is 16.8 Å². The molecule has 1 aromatic heterocycles. The van der Waals surface area contributed by atoms with Gasteiger partial charge in [0.1, 0.15) is 0 Å². The van der Waals surface area contributed by atoms with Crippen molar-refractivity contribution in [1.29, 1.82) is 0 Å². The van der Waals surface area contributed by atoms with Crippen LogP contribution in [0.25, 0.3) is 6.08 Å². The monoisotopic (exact) mass is 423 g/mol. The van der Waals surface area contributed by atoms with Crippen molar-refractivity contribution in [2.24, 2.45) is 0 Å². The molecule has 0 aliphatic carbocycles. The molecule has 5 heteroatoms. The van der Waals surface area contributed by atoms with Crippen LogP contribution in [0.3, 0.4) is 0 Å². The number of rotatable bonds is 5. The molecule has 0 amide bonds. The van der Waals surface area contributed by atoms with Gasteiger partial charge in [0.25, 0.3) is 0 Å². The molecule has 0 fully saturated rings. The Morgan fingerprint density at radius 1 is 1.50 bits per heavy atom. The summed E-state index contributed by atoms with van der Waals surface area (Å²) >= 11 is 4.11. The first kappa shape index (κ1) is 18.3. The summed E-state index contributed by atoms with van der Waals surface area (Å²) in [5.41, 5.74) is 2.33. The molecule has 1 rings (SSSR count). The highest BCUT2D eigenvalue weighted by Crippen LogP contribution is 2.38. The number of hydrogen-bond acceptors (Lipinski definition) is 3. The average molecular weight is 423 g/mol. The van der Waals surface area contributed by atoms with E-state index in [2.05, 4.69) is 79.8 Å². The maximum Gasteiger partial charge on any atom is 0.192 e. The molecule has 0 N–H and O–H groups in total. The van der Waals surface area contributed by atoms with Crippen molar-refractivity contribution in [1.82, 2.24) is 4.98 Å². The zero-order chi connectivity index (χ0) is 15.6. The maximum atomic E-state index is 6.53. The van der Waals surface area contributed by atoms with Crippen LogP contribution >= 0.6 is 33.9 Å². The number of halogens is 1. The summed E-state index contributed by atoms with van der Waals surface area (Å²) in [6, 6.07) is 0. The summed E-state index contributed by atoms with van der Waals surface area (Å²) in [6.07, 6.45) is 2.36. The average Bonchev–Trinajstić information content (AvgIpc) is 2.70. The fourth-order valence-corrected chi connectivity index (χ4v) is 4.67. The van der Waals surface area contributed by atoms with E-state index in [9.17, 15) is 0 Å². The fraction of sp³-hybridized carbons (Fsp3) is 0.667. The Bertz CT molecular complexity index is 476. The number of thiazole rings is 1. The van der Waals surface area contributed by atoms with Crippen LogP contribution in [0.5, 0.6) is 0 Å². The predicted octanol–water partition coefficient (Wildman–Crippen LogP) is 5.68. The molecule has 0 radical (unpaired) electrons. The van der Waals surface area contributed by atoms with Crippen molar-refractivity contribution in [3.63, 3.8) is 0 Å². The second kappa shape index (κ2) is 7.02. The Labute approximate surface area is 142 Å². The molecule has 20 heavy (non-hydrogen) atoms. The van der Waals surface area contributed by atoms with Gasteiger partial charge in [-0.15, -0.1) is 11.3 Å². The Hall–Kier alpha value is 0.277. The van der Waals surface area contributed by atoms with Crippen LogP contribution in [-0.4, -0.2) is 23.8 Å². The van der Waals surface area contributed by atoms with E-state index in [1.807, 2.05) is 6.92 Å². The van der Waals surface area contributed by atoms with Crippen LogP contribution in [0.4, 0.5) is 0 Å². The van der Waals surface area contributed by atoms with E-state index in [4.69, 9.17) is 4.43 Å². The van der Waals surface area contributed by atoms with E-state index < -0.39 is 8.32 Å². The highest BCUT2D eigenvalue weighted by atomic mass is 127. The third kappa shape index (κ3) is 4.93. The van der Waals surface area contributed by atoms with E-state index in [-0.39, 0.29) is 11.1 Å². The standard InChI is InChI=1S/C15H26INOSSi/c1-11(8-13-10-19-12(2)17-13)14(9-16)18-20(6,7)15(3,4)5/h8,10,14H,9H2,1-7H3/b11-8+/t14-/m0/s1. The van der Waals surface area contributed by atoms with Crippen molar-refractivity contribution in [2.45, 2.75) is 58.9 Å². The van der Waals surface area contributed by atoms with Gasteiger partial charge in [0.15, 0.2) is 8.32 Å². The first-order valence-electron chi connectivity index (χ1n) is 6.91. The molecular formula is C15H26INOSSi. The lowest BCUT2D eigenvalue weighted by molar-refractivity contribution is 0.240. The minimum Gasteiger partial charge on any atom is -0.409 e. The first-order chi connectivity index (χ1) is 9.06. The van der Waals surface area contributed by atoms with Crippen molar-refractivity contribution < 1.29 is 4.43 Å². The molecule has 1 heterocycles. The van der Waals surface area contributed by atoms with Crippen LogP contribution in [0.15, 0.2) is 11.0 Å². The van der Waals surface area contributed by atoms with Gasteiger partial charge >= 0.3 is 0 Å². The zero-order valence-electron chi connectivity index (χ0n) is 13.6. The van der Waals surface area contributed by atoms with Gasteiger partial charge in [-0.3, -0.25) is 0 Å². The molecule has 2 nitrogen and oxygen atoms in total. The number of aromatic nitrogens is 1. The number of hydrogen-bond donors (Lipinski definition) is 0. The molecule has 0 aliphatic heterocycles. The molecule has 1 atom stereocenters. The molecule has 0 saturated carbocycles. The lowest BCUT2D eigenvalue weighted by atomic mass is 10.1. The van der Waals surface area contributed by atoms with Gasteiger partial charge < -0.3 is 4.43 Å². The van der Waals surface area contributed by atoms with Gasteiger partial charge in [0.2, 0.25) is 0 Å². The van der Waals surface area contributed by atoms with Crippen LogP contribution in [0, 0.1) is 6.92 Å². The van der Waals surface area contributed by atoms with E-state index in [0.29, 0.717) is 0 Å². The van der Waals surface area contributed by atoms with Gasteiger partial charge in [-0.05, 0) is 43.6 Å². The highest BCUT2D eigenvalue weighted by Gasteiger charge is 2.39. The van der Waals surface area contributed by atoms with Gasteiger partial charge in [-0.25, -0.2) is 4.98 Å². The largest absolute Gasteiger partial charge is 0.409 e. The second-order valence-electron chi connectivity index (χ2n) is 6.70. The van der Waals surface area contributed by atoms with Crippen LogP contribution in [-0.2, 0) is 4.43 Å². The molecular weight excluding hydrogens is 397 g/mol. The smallest absolute Gasteiger partial charge is 0.192 e. The molecule has 114 valence electrons. The van der Waals surface area contributed by atoms with E-state index in [0.717, 1.165) is 15.1 Å². The van der Waals surface area contributed by atoms with Crippen LogP contribution < -0.4 is 0 Å². The number of nitrogens with zero attached hydrogens (tertiary/aromatic N) is 1. The molecule has 0 aliphatic rings. The van der Waals surface area contributed by atoms with E-state index >= 15 is 0 Å². The topological polar surface area (TPSA) is 22.1 Å². The minimum absolute atomic E-state index is 0.193. The summed E-state index contributed by atoms with van der Waals surface area (Å²) in [4.78, 5) is 4.51. The lowest BCUT2D eigenvalue weighted by Crippen LogP contribution is -2.44. The molecule has 0 saturated heterocycles. The van der Waals surface area contributed by atoms with E-state index in [1.165, 1.54) is 5.57 Å². The number of alkyl halides is 1. The molecule has 0 unspecified atom stereocenters. The summed E-state index contributed by atoms with van der Waals surface area (Å²) in [5.74, 6) is 0. The van der Waals surface area contributed by atoms with Crippen molar-refractivity contribution in [2.75, 3.05) is 4.43 Å². The van der Waals surface area contributed by atoms with E-state index in [1.54, 1.807) is 11.3 Å². The lowest BCUT2D eigenvalue weighted by Gasteiger charge is -2.39. The summed E-state index contributed by atoms with van der Waals surface area (Å²) in [7, 11) is -1.73. The quantitative estimate of drug-likeness (QED) is 0.345. The predicted molar refractivity (Wildman–Crippen MR) is 101 cm³/mol. The number of aryl methyl sites for hydroxylation is 1. The molecule has 0 bridgehead atoms. The third-order valence-corrected chi connectivity index (χ3v) is 9.98. The Morgan fingerprint density at radius 3 is 2.50 bits per heavy atom. The Balaban J connectivity index is 2.88. The molecule has 0 spiro atoms. The van der Waals surface area contributed by atoms with Crippen molar-refractivity contribution in [3.05, 3.63) is 21.7 Å². The Kier molecular flexibility index (Phi) is 6.44. The van der Waals surface area contributed by atoms with Crippen molar-refractivity contribution in [3.8, 4) is 0 Å². The second-order valence-corrected chi connectivity index (χ2v) is 13.4. The third-order valence-electron chi connectivity index (χ3n) is 3.90. The van der Waals surface area contributed by atoms with Crippen LogP contribution in [0.2, 0.25) is 18.1 Å². The molecule has 1 aromatic rings. The first-order valence-corrected chi connectivity index (χ1v) is 12.2.